The van der Waals surface area contributed by atoms with Crippen molar-refractivity contribution in [3.63, 3.8) is 0 Å². The number of aromatic nitrogens is 1. The van der Waals surface area contributed by atoms with Crippen molar-refractivity contribution in [3.8, 4) is 0 Å². The van der Waals surface area contributed by atoms with Crippen LogP contribution in [-0.2, 0) is 14.8 Å². The van der Waals surface area contributed by atoms with Gasteiger partial charge in [0.05, 0.1) is 20.4 Å². The fraction of sp³-hybridized carbons (Fsp3) is 0.222. The number of carbonyl (C=O) groups is 1. The highest BCUT2D eigenvalue weighted by Gasteiger charge is 2.26. The Morgan fingerprint density at radius 1 is 1.18 bits per heavy atom. The van der Waals surface area contributed by atoms with Gasteiger partial charge in [0.1, 0.15) is 0 Å². The van der Waals surface area contributed by atoms with E-state index in [2.05, 4.69) is 9.71 Å². The molecule has 0 radical (unpaired) electrons. The molecule has 2 aromatic carbocycles. The highest BCUT2D eigenvalue weighted by molar-refractivity contribution is 8.02. The largest absolute Gasteiger partial charge is 0.273 e. The standard InChI is InChI=1S/C18H16Cl2N2O3S3/c1-2-3-16(27-18-21-14-10-12(20)6-9-15(14)26-18)17(23)22-28(24,25)13-7-4-11(19)5-8-13/h4-10,16H,2-3H2,1H3,(H,22,23). The summed E-state index contributed by atoms with van der Waals surface area (Å²) in [4.78, 5) is 17.2. The lowest BCUT2D eigenvalue weighted by molar-refractivity contribution is -0.118. The number of carbonyl (C=O) groups excluding carboxylic acids is 1. The Balaban J connectivity index is 1.78. The van der Waals surface area contributed by atoms with Gasteiger partial charge >= 0.3 is 0 Å². The molecule has 0 bridgehead atoms. The number of benzene rings is 2. The first-order valence-corrected chi connectivity index (χ1v) is 12.3. The molecular formula is C18H16Cl2N2O3S3. The molecule has 5 nitrogen and oxygen atoms in total. The molecule has 1 atom stereocenters. The van der Waals surface area contributed by atoms with Gasteiger partial charge in [-0.1, -0.05) is 48.3 Å². The Morgan fingerprint density at radius 3 is 2.54 bits per heavy atom. The molecule has 1 unspecified atom stereocenters. The molecule has 0 aliphatic heterocycles. The fourth-order valence-corrected chi connectivity index (χ4v) is 6.22. The summed E-state index contributed by atoms with van der Waals surface area (Å²) in [7, 11) is -3.97. The number of hydrogen-bond acceptors (Lipinski definition) is 6. The number of sulfonamides is 1. The van der Waals surface area contributed by atoms with Gasteiger partial charge in [-0.15, -0.1) is 11.3 Å². The zero-order valence-electron chi connectivity index (χ0n) is 14.7. The lowest BCUT2D eigenvalue weighted by Crippen LogP contribution is -2.37. The van der Waals surface area contributed by atoms with Crippen molar-refractivity contribution in [1.82, 2.24) is 9.71 Å². The maximum atomic E-state index is 12.7. The summed E-state index contributed by atoms with van der Waals surface area (Å²) < 4.78 is 28.8. The first-order valence-electron chi connectivity index (χ1n) is 8.33. The molecule has 1 aromatic heterocycles. The third-order valence-electron chi connectivity index (χ3n) is 3.78. The Hall–Kier alpha value is -1.32. The third-order valence-corrected chi connectivity index (χ3v) is 8.02. The van der Waals surface area contributed by atoms with Crippen LogP contribution in [0, 0.1) is 0 Å². The van der Waals surface area contributed by atoms with E-state index in [0.29, 0.717) is 20.8 Å². The molecular weight excluding hydrogens is 459 g/mol. The number of hydrogen-bond donors (Lipinski definition) is 1. The Labute approximate surface area is 181 Å². The zero-order chi connectivity index (χ0) is 20.3. The normalized spacial score (nSPS) is 12.8. The van der Waals surface area contributed by atoms with Crippen molar-refractivity contribution in [2.24, 2.45) is 0 Å². The number of rotatable bonds is 7. The smallest absolute Gasteiger partial charge is 0.264 e. The van der Waals surface area contributed by atoms with Gasteiger partial charge in [0.25, 0.3) is 10.0 Å². The molecule has 0 aliphatic rings. The second-order valence-electron chi connectivity index (χ2n) is 5.91. The van der Waals surface area contributed by atoms with Crippen LogP contribution >= 0.6 is 46.3 Å². The Bertz CT molecular complexity index is 1100. The number of nitrogens with one attached hydrogen (secondary N) is 1. The number of amides is 1. The second-order valence-corrected chi connectivity index (χ2v) is 10.9. The molecule has 28 heavy (non-hydrogen) atoms. The zero-order valence-corrected chi connectivity index (χ0v) is 18.6. The van der Waals surface area contributed by atoms with E-state index in [9.17, 15) is 13.2 Å². The minimum Gasteiger partial charge on any atom is -0.273 e. The van der Waals surface area contributed by atoms with Crippen LogP contribution in [0.15, 0.2) is 51.7 Å². The maximum Gasteiger partial charge on any atom is 0.264 e. The minimum atomic E-state index is -3.97. The summed E-state index contributed by atoms with van der Waals surface area (Å²) >= 11 is 14.5. The molecule has 0 aliphatic carbocycles. The van der Waals surface area contributed by atoms with Gasteiger partial charge in [-0.25, -0.2) is 18.1 Å². The van der Waals surface area contributed by atoms with Crippen molar-refractivity contribution in [3.05, 3.63) is 52.5 Å². The van der Waals surface area contributed by atoms with Gasteiger partial charge in [-0.3, -0.25) is 4.79 Å². The summed E-state index contributed by atoms with van der Waals surface area (Å²) in [5.41, 5.74) is 0.754. The van der Waals surface area contributed by atoms with Crippen molar-refractivity contribution < 1.29 is 13.2 Å². The predicted octanol–water partition coefficient (Wildman–Crippen LogP) is 5.37. The van der Waals surface area contributed by atoms with E-state index >= 15 is 0 Å². The summed E-state index contributed by atoms with van der Waals surface area (Å²) in [6, 6.07) is 11.1. The molecule has 148 valence electrons. The fourth-order valence-electron chi connectivity index (χ4n) is 2.43. The molecule has 0 saturated heterocycles. The molecule has 0 spiro atoms. The van der Waals surface area contributed by atoms with Crippen LogP contribution in [-0.4, -0.2) is 24.6 Å². The van der Waals surface area contributed by atoms with Crippen LogP contribution in [0.25, 0.3) is 10.2 Å². The Morgan fingerprint density at radius 2 is 1.86 bits per heavy atom. The van der Waals surface area contributed by atoms with Gasteiger partial charge in [0, 0.05) is 10.0 Å². The minimum absolute atomic E-state index is 0.0138. The highest BCUT2D eigenvalue weighted by atomic mass is 35.5. The predicted molar refractivity (Wildman–Crippen MR) is 116 cm³/mol. The van der Waals surface area contributed by atoms with E-state index in [0.717, 1.165) is 16.6 Å². The summed E-state index contributed by atoms with van der Waals surface area (Å²) in [6.45, 7) is 1.94. The SMILES string of the molecule is CCCC(Sc1nc2cc(Cl)ccc2s1)C(=O)NS(=O)(=O)c1ccc(Cl)cc1. The number of thiazole rings is 1. The van der Waals surface area contributed by atoms with Crippen LogP contribution in [0.4, 0.5) is 0 Å². The van der Waals surface area contributed by atoms with Crippen LogP contribution in [0.2, 0.25) is 10.0 Å². The van der Waals surface area contributed by atoms with Crippen LogP contribution in [0.3, 0.4) is 0 Å². The number of halogens is 2. The summed E-state index contributed by atoms with van der Waals surface area (Å²) in [5, 5.41) is 0.426. The molecule has 1 heterocycles. The van der Waals surface area contributed by atoms with E-state index < -0.39 is 21.2 Å². The van der Waals surface area contributed by atoms with Crippen molar-refractivity contribution in [2.45, 2.75) is 34.3 Å². The van der Waals surface area contributed by atoms with Gasteiger partial charge in [-0.2, -0.15) is 0 Å². The van der Waals surface area contributed by atoms with Crippen LogP contribution < -0.4 is 4.72 Å². The molecule has 3 aromatic rings. The van der Waals surface area contributed by atoms with Crippen molar-refractivity contribution in [1.29, 1.82) is 0 Å². The summed E-state index contributed by atoms with van der Waals surface area (Å²) in [5.74, 6) is -0.570. The molecule has 10 heteroatoms. The molecule has 1 amide bonds. The number of thioether (sulfide) groups is 1. The molecule has 0 saturated carbocycles. The third kappa shape index (κ3) is 5.18. The summed E-state index contributed by atoms with van der Waals surface area (Å²) in [6.07, 6.45) is 1.24. The van der Waals surface area contributed by atoms with Crippen LogP contribution in [0.1, 0.15) is 19.8 Å². The highest BCUT2D eigenvalue weighted by Crippen LogP contribution is 2.34. The first kappa shape index (κ1) is 21.4. The lowest BCUT2D eigenvalue weighted by Gasteiger charge is -2.14. The quantitative estimate of drug-likeness (QED) is 0.465. The van der Waals surface area contributed by atoms with Crippen molar-refractivity contribution in [2.75, 3.05) is 0 Å². The van der Waals surface area contributed by atoms with E-state index in [1.54, 1.807) is 12.1 Å². The number of fused-ring (bicyclic) bond motifs is 1. The lowest BCUT2D eigenvalue weighted by atomic mass is 10.2. The van der Waals surface area contributed by atoms with E-state index in [4.69, 9.17) is 23.2 Å². The van der Waals surface area contributed by atoms with E-state index in [1.807, 2.05) is 13.0 Å². The Kier molecular flexibility index (Phi) is 6.88. The van der Waals surface area contributed by atoms with Crippen LogP contribution in [0.5, 0.6) is 0 Å². The van der Waals surface area contributed by atoms with Gasteiger partial charge in [-0.05, 0) is 48.9 Å². The van der Waals surface area contributed by atoms with Gasteiger partial charge in [0.15, 0.2) is 4.34 Å². The average molecular weight is 475 g/mol. The monoisotopic (exact) mass is 474 g/mol. The van der Waals surface area contributed by atoms with E-state index in [1.165, 1.54) is 47.4 Å². The second kappa shape index (κ2) is 9.00. The molecule has 0 fully saturated rings. The van der Waals surface area contributed by atoms with E-state index in [-0.39, 0.29) is 4.90 Å². The topological polar surface area (TPSA) is 76.1 Å². The van der Waals surface area contributed by atoms with Gasteiger partial charge < -0.3 is 0 Å². The van der Waals surface area contributed by atoms with Crippen molar-refractivity contribution >= 4 is 72.4 Å². The maximum absolute atomic E-state index is 12.7. The molecule has 3 rings (SSSR count). The van der Waals surface area contributed by atoms with Gasteiger partial charge in [0.2, 0.25) is 5.91 Å². The first-order chi connectivity index (χ1) is 13.3. The molecule has 1 N–H and O–H groups in total. The average Bonchev–Trinajstić information content (AvgIpc) is 3.02. The number of nitrogens with zero attached hydrogens (tertiary/aromatic N) is 1.